The summed E-state index contributed by atoms with van der Waals surface area (Å²) in [6.45, 7) is 4.08. The van der Waals surface area contributed by atoms with Gasteiger partial charge in [-0.15, -0.1) is 0 Å². The second-order valence-electron chi connectivity index (χ2n) is 14.4. The summed E-state index contributed by atoms with van der Waals surface area (Å²) >= 11 is 0. The standard InChI is InChI=1S/C51H78O9/c1-3-5-7-9-11-13-15-17-19-21-23-24-26-28-30-32-34-36-38-40-47(53)59-45(44-58-51-50(56)49(55)48(54)46(42-52)60-51)43-57-41-39-37-35-33-31-29-27-25-22-20-18-16-14-12-10-8-6-4-2/h5-8,11-14,17-20,23-25,27-28,30-31,33-34,36,45-46,48-52,54-56H,3-4,9-10,15-16,21-22,26,29,32,35,37-44H2,1-2H3/b7-5-,8-6-,13-11-,14-12-,19-17-,20-18-,24-23-,27-25-,30-28-,33-31-,36-34-. The number of unbranched alkanes of at least 4 members (excludes halogenated alkanes) is 2. The zero-order chi connectivity index (χ0) is 43.6. The van der Waals surface area contributed by atoms with Crippen LogP contribution < -0.4 is 0 Å². The minimum Gasteiger partial charge on any atom is -0.457 e. The number of carbonyl (C=O) groups excluding carboxylic acids is 1. The van der Waals surface area contributed by atoms with E-state index >= 15 is 0 Å². The molecule has 60 heavy (non-hydrogen) atoms. The Labute approximate surface area is 362 Å². The zero-order valence-corrected chi connectivity index (χ0v) is 36.6. The number of allylic oxidation sites excluding steroid dienone is 22. The maximum atomic E-state index is 12.7. The zero-order valence-electron chi connectivity index (χ0n) is 36.6. The van der Waals surface area contributed by atoms with E-state index in [4.69, 9.17) is 18.9 Å². The van der Waals surface area contributed by atoms with Gasteiger partial charge in [0.1, 0.15) is 30.5 Å². The van der Waals surface area contributed by atoms with Crippen LogP contribution in [0.4, 0.5) is 0 Å². The van der Waals surface area contributed by atoms with Crippen molar-refractivity contribution in [3.05, 3.63) is 134 Å². The lowest BCUT2D eigenvalue weighted by Crippen LogP contribution is -2.59. The second-order valence-corrected chi connectivity index (χ2v) is 14.4. The van der Waals surface area contributed by atoms with Crippen molar-refractivity contribution in [3.63, 3.8) is 0 Å². The van der Waals surface area contributed by atoms with Crippen molar-refractivity contribution in [2.45, 2.75) is 153 Å². The van der Waals surface area contributed by atoms with E-state index in [0.717, 1.165) is 89.9 Å². The first kappa shape index (κ1) is 54.3. The Morgan fingerprint density at radius 2 is 0.950 bits per heavy atom. The molecular formula is C51H78O9. The molecule has 0 aromatic heterocycles. The lowest BCUT2D eigenvalue weighted by molar-refractivity contribution is -0.305. The minimum atomic E-state index is -1.57. The van der Waals surface area contributed by atoms with Crippen molar-refractivity contribution in [1.29, 1.82) is 0 Å². The SMILES string of the molecule is CC/C=C\C/C=C\C/C=C\C/C=C\C/C=C\C/C=C\CCC(=O)OC(COCCCC/C=C\C/C=C\C/C=C\C/C=C\C/C=C\CC)COC1OC(CO)C(O)C(O)C1O. The summed E-state index contributed by atoms with van der Waals surface area (Å²) in [5.74, 6) is -0.418. The van der Waals surface area contributed by atoms with Gasteiger partial charge in [0.2, 0.25) is 0 Å². The van der Waals surface area contributed by atoms with Gasteiger partial charge in [0.15, 0.2) is 6.29 Å². The molecule has 336 valence electrons. The molecule has 1 saturated heterocycles. The Morgan fingerprint density at radius 3 is 1.38 bits per heavy atom. The van der Waals surface area contributed by atoms with Crippen molar-refractivity contribution in [2.24, 2.45) is 0 Å². The Bertz CT molecular complexity index is 1360. The molecule has 0 amide bonds. The average Bonchev–Trinajstić information content (AvgIpc) is 3.25. The van der Waals surface area contributed by atoms with E-state index in [9.17, 15) is 25.2 Å². The second kappa shape index (κ2) is 40.7. The van der Waals surface area contributed by atoms with E-state index in [0.29, 0.717) is 13.0 Å². The van der Waals surface area contributed by atoms with Gasteiger partial charge in [-0.3, -0.25) is 4.79 Å². The quantitative estimate of drug-likeness (QED) is 0.0280. The number of esters is 1. The van der Waals surface area contributed by atoms with Crippen LogP contribution >= 0.6 is 0 Å². The molecule has 1 heterocycles. The molecule has 0 saturated carbocycles. The molecule has 6 unspecified atom stereocenters. The van der Waals surface area contributed by atoms with Gasteiger partial charge in [-0.25, -0.2) is 0 Å². The molecule has 0 spiro atoms. The maximum Gasteiger partial charge on any atom is 0.306 e. The van der Waals surface area contributed by atoms with Crippen LogP contribution in [0.15, 0.2) is 134 Å². The van der Waals surface area contributed by atoms with Gasteiger partial charge in [-0.2, -0.15) is 0 Å². The predicted molar refractivity (Wildman–Crippen MR) is 246 cm³/mol. The third kappa shape index (κ3) is 31.2. The highest BCUT2D eigenvalue weighted by atomic mass is 16.7. The van der Waals surface area contributed by atoms with Gasteiger partial charge in [0.25, 0.3) is 0 Å². The van der Waals surface area contributed by atoms with E-state index in [1.54, 1.807) is 0 Å². The van der Waals surface area contributed by atoms with Gasteiger partial charge >= 0.3 is 5.97 Å². The fraction of sp³-hybridized carbons (Fsp3) is 0.549. The van der Waals surface area contributed by atoms with Crippen molar-refractivity contribution in [2.75, 3.05) is 26.4 Å². The van der Waals surface area contributed by atoms with Gasteiger partial charge in [-0.05, 0) is 96.3 Å². The number of carbonyl (C=O) groups is 1. The van der Waals surface area contributed by atoms with Gasteiger partial charge in [0.05, 0.1) is 19.8 Å². The van der Waals surface area contributed by atoms with Crippen LogP contribution in [0.2, 0.25) is 0 Å². The summed E-state index contributed by atoms with van der Waals surface area (Å²) in [6.07, 6.45) is 53.5. The summed E-state index contributed by atoms with van der Waals surface area (Å²) in [7, 11) is 0. The van der Waals surface area contributed by atoms with Crippen molar-refractivity contribution < 1.29 is 44.2 Å². The van der Waals surface area contributed by atoms with Crippen LogP contribution in [0.25, 0.3) is 0 Å². The lowest BCUT2D eigenvalue weighted by Gasteiger charge is -2.39. The molecule has 9 heteroatoms. The number of aliphatic hydroxyl groups is 4. The summed E-state index contributed by atoms with van der Waals surface area (Å²) < 4.78 is 22.7. The van der Waals surface area contributed by atoms with Crippen molar-refractivity contribution in [1.82, 2.24) is 0 Å². The van der Waals surface area contributed by atoms with Crippen molar-refractivity contribution in [3.8, 4) is 0 Å². The molecule has 6 atom stereocenters. The largest absolute Gasteiger partial charge is 0.457 e. The molecule has 0 aromatic carbocycles. The lowest BCUT2D eigenvalue weighted by atomic mass is 9.99. The highest BCUT2D eigenvalue weighted by Gasteiger charge is 2.44. The molecule has 0 radical (unpaired) electrons. The van der Waals surface area contributed by atoms with Crippen LogP contribution in [0, 0.1) is 0 Å². The fourth-order valence-corrected chi connectivity index (χ4v) is 5.66. The Balaban J connectivity index is 2.39. The topological polar surface area (TPSA) is 135 Å². The first-order chi connectivity index (χ1) is 29.4. The Morgan fingerprint density at radius 1 is 0.533 bits per heavy atom. The van der Waals surface area contributed by atoms with Crippen molar-refractivity contribution >= 4 is 5.97 Å². The molecule has 1 aliphatic heterocycles. The monoisotopic (exact) mass is 835 g/mol. The molecular weight excluding hydrogens is 757 g/mol. The van der Waals surface area contributed by atoms with E-state index in [-0.39, 0.29) is 19.6 Å². The summed E-state index contributed by atoms with van der Waals surface area (Å²) in [4.78, 5) is 12.7. The van der Waals surface area contributed by atoms with E-state index in [1.165, 1.54) is 0 Å². The highest BCUT2D eigenvalue weighted by Crippen LogP contribution is 2.22. The molecule has 0 aliphatic carbocycles. The summed E-state index contributed by atoms with van der Waals surface area (Å²) in [5.41, 5.74) is 0. The molecule has 0 bridgehead atoms. The highest BCUT2D eigenvalue weighted by molar-refractivity contribution is 5.69. The number of hydrogen-bond donors (Lipinski definition) is 4. The van der Waals surface area contributed by atoms with E-state index in [1.807, 2.05) is 12.2 Å². The molecule has 0 aromatic rings. The molecule has 4 N–H and O–H groups in total. The average molecular weight is 835 g/mol. The molecule has 1 aliphatic rings. The van der Waals surface area contributed by atoms with Gasteiger partial charge in [-0.1, -0.05) is 148 Å². The van der Waals surface area contributed by atoms with Gasteiger partial charge in [0, 0.05) is 13.0 Å². The number of rotatable bonds is 35. The Kier molecular flexibility index (Phi) is 36.9. The molecule has 9 nitrogen and oxygen atoms in total. The Hall–Kier alpha value is -3.67. The van der Waals surface area contributed by atoms with Crippen LogP contribution in [0.3, 0.4) is 0 Å². The van der Waals surface area contributed by atoms with Gasteiger partial charge < -0.3 is 39.4 Å². The summed E-state index contributed by atoms with van der Waals surface area (Å²) in [6, 6.07) is 0. The third-order valence-electron chi connectivity index (χ3n) is 9.08. The molecule has 1 fully saturated rings. The predicted octanol–water partition coefficient (Wildman–Crippen LogP) is 10.1. The fourth-order valence-electron chi connectivity index (χ4n) is 5.66. The van der Waals surface area contributed by atoms with Crippen LogP contribution in [0.5, 0.6) is 0 Å². The first-order valence-electron chi connectivity index (χ1n) is 22.3. The molecule has 1 rings (SSSR count). The minimum absolute atomic E-state index is 0.0742. The summed E-state index contributed by atoms with van der Waals surface area (Å²) in [5, 5.41) is 40.1. The number of hydrogen-bond acceptors (Lipinski definition) is 9. The van der Waals surface area contributed by atoms with E-state index < -0.39 is 49.4 Å². The number of aliphatic hydroxyl groups excluding tert-OH is 4. The normalized spacial score (nSPS) is 21.3. The number of ether oxygens (including phenoxy) is 4. The van der Waals surface area contributed by atoms with E-state index in [2.05, 4.69) is 135 Å². The van der Waals surface area contributed by atoms with Crippen LogP contribution in [-0.2, 0) is 23.7 Å². The first-order valence-corrected chi connectivity index (χ1v) is 22.3. The smallest absolute Gasteiger partial charge is 0.306 e. The third-order valence-corrected chi connectivity index (χ3v) is 9.08. The van der Waals surface area contributed by atoms with Crippen LogP contribution in [0.1, 0.15) is 117 Å². The van der Waals surface area contributed by atoms with Crippen LogP contribution in [-0.4, -0.2) is 89.6 Å². The maximum absolute atomic E-state index is 12.7.